The monoisotopic (exact) mass is 231 g/mol. The third-order valence-electron chi connectivity index (χ3n) is 2.48. The number of fused-ring (bicyclic) bond motifs is 1. The van der Waals surface area contributed by atoms with Gasteiger partial charge in [-0.05, 0) is 12.1 Å². The fourth-order valence-corrected chi connectivity index (χ4v) is 1.67. The second-order valence-electron chi connectivity index (χ2n) is 3.53. The molecule has 0 saturated carbocycles. The molecule has 17 heavy (non-hydrogen) atoms. The van der Waals surface area contributed by atoms with Gasteiger partial charge in [-0.15, -0.1) is 0 Å². The Hall–Kier alpha value is -2.50. The third kappa shape index (κ3) is 1.59. The Morgan fingerprint density at radius 3 is 3.00 bits per heavy atom. The molecule has 0 spiro atoms. The lowest BCUT2D eigenvalue weighted by Gasteiger charge is -1.96. The molecule has 6 nitrogen and oxygen atoms in total. The minimum absolute atomic E-state index is 0.440. The van der Waals surface area contributed by atoms with Crippen molar-refractivity contribution in [3.05, 3.63) is 34.9 Å². The van der Waals surface area contributed by atoms with Crippen molar-refractivity contribution in [2.75, 3.05) is 7.11 Å². The topological polar surface area (TPSA) is 83.9 Å². The van der Waals surface area contributed by atoms with Gasteiger partial charge in [-0.25, -0.2) is 9.78 Å². The van der Waals surface area contributed by atoms with E-state index in [1.165, 1.54) is 7.11 Å². The molecule has 0 saturated heterocycles. The molecule has 0 atom stereocenters. The first kappa shape index (κ1) is 9.71. The van der Waals surface area contributed by atoms with E-state index < -0.39 is 5.76 Å². The normalized spacial score (nSPS) is 10.9. The van der Waals surface area contributed by atoms with E-state index >= 15 is 0 Å². The molecule has 0 aliphatic heterocycles. The van der Waals surface area contributed by atoms with Crippen molar-refractivity contribution in [2.45, 2.75) is 0 Å². The molecule has 2 heterocycles. The first-order valence-corrected chi connectivity index (χ1v) is 4.98. The van der Waals surface area contributed by atoms with Gasteiger partial charge in [-0.1, -0.05) is 6.07 Å². The van der Waals surface area contributed by atoms with Gasteiger partial charge in [0.2, 0.25) is 0 Å². The van der Waals surface area contributed by atoms with Crippen molar-refractivity contribution < 1.29 is 9.15 Å². The summed E-state index contributed by atoms with van der Waals surface area (Å²) in [6.07, 6.45) is 1.66. The summed E-state index contributed by atoms with van der Waals surface area (Å²) >= 11 is 0. The molecule has 1 aromatic carbocycles. The molecule has 0 aliphatic rings. The highest BCUT2D eigenvalue weighted by molar-refractivity contribution is 5.78. The lowest BCUT2D eigenvalue weighted by Crippen LogP contribution is -1.92. The maximum Gasteiger partial charge on any atom is 0.417 e. The number of nitrogens with one attached hydrogen (secondary N) is 2. The van der Waals surface area contributed by atoms with Crippen LogP contribution in [0.3, 0.4) is 0 Å². The number of aromatic amines is 2. The summed E-state index contributed by atoms with van der Waals surface area (Å²) in [5, 5.41) is 0. The summed E-state index contributed by atoms with van der Waals surface area (Å²) in [5.74, 6) is -0.459. The van der Waals surface area contributed by atoms with Crippen molar-refractivity contribution in [1.29, 1.82) is 0 Å². The molecule has 2 aromatic heterocycles. The second-order valence-corrected chi connectivity index (χ2v) is 3.53. The van der Waals surface area contributed by atoms with E-state index in [4.69, 9.17) is 9.15 Å². The van der Waals surface area contributed by atoms with Gasteiger partial charge in [0.1, 0.15) is 0 Å². The molecule has 0 aliphatic carbocycles. The summed E-state index contributed by atoms with van der Waals surface area (Å²) in [7, 11) is 1.54. The number of benzene rings is 1. The number of ether oxygens (including phenoxy) is 1. The van der Waals surface area contributed by atoms with Crippen LogP contribution in [0.5, 0.6) is 6.01 Å². The van der Waals surface area contributed by atoms with Crippen molar-refractivity contribution in [2.24, 2.45) is 0 Å². The van der Waals surface area contributed by atoms with Crippen LogP contribution < -0.4 is 10.5 Å². The van der Waals surface area contributed by atoms with Crippen LogP contribution >= 0.6 is 0 Å². The molecule has 3 aromatic rings. The van der Waals surface area contributed by atoms with E-state index in [-0.39, 0.29) is 0 Å². The Kier molecular flexibility index (Phi) is 2.01. The predicted octanol–water partition coefficient (Wildman–Crippen LogP) is 1.52. The van der Waals surface area contributed by atoms with Crippen LogP contribution in [0.15, 0.2) is 33.6 Å². The van der Waals surface area contributed by atoms with E-state index in [0.29, 0.717) is 17.1 Å². The highest BCUT2D eigenvalue weighted by Crippen LogP contribution is 2.22. The quantitative estimate of drug-likeness (QED) is 0.700. The largest absolute Gasteiger partial charge is 0.468 e. The SMILES string of the molecule is COc1ncc(-c2ccc3[nH]c(=O)oc3c2)[nH]1. The van der Waals surface area contributed by atoms with Crippen molar-refractivity contribution in [3.63, 3.8) is 0 Å². The van der Waals surface area contributed by atoms with Gasteiger partial charge < -0.3 is 14.1 Å². The Morgan fingerprint density at radius 1 is 1.35 bits per heavy atom. The van der Waals surface area contributed by atoms with Gasteiger partial charge in [0, 0.05) is 5.56 Å². The number of aromatic nitrogens is 3. The minimum Gasteiger partial charge on any atom is -0.468 e. The van der Waals surface area contributed by atoms with Crippen molar-refractivity contribution in [3.8, 4) is 17.3 Å². The minimum atomic E-state index is -0.459. The molecular formula is C11H9N3O3. The highest BCUT2D eigenvalue weighted by Gasteiger charge is 2.06. The first-order valence-electron chi connectivity index (χ1n) is 4.98. The maximum atomic E-state index is 11.0. The summed E-state index contributed by atoms with van der Waals surface area (Å²) < 4.78 is 9.95. The smallest absolute Gasteiger partial charge is 0.417 e. The summed E-state index contributed by atoms with van der Waals surface area (Å²) in [4.78, 5) is 20.6. The summed E-state index contributed by atoms with van der Waals surface area (Å²) in [6, 6.07) is 5.85. The molecule has 6 heteroatoms. The average molecular weight is 231 g/mol. The van der Waals surface area contributed by atoms with Crippen LogP contribution in [0.25, 0.3) is 22.4 Å². The van der Waals surface area contributed by atoms with E-state index in [9.17, 15) is 4.79 Å². The number of rotatable bonds is 2. The summed E-state index contributed by atoms with van der Waals surface area (Å²) in [5.41, 5.74) is 2.86. The third-order valence-corrected chi connectivity index (χ3v) is 2.48. The molecule has 0 unspecified atom stereocenters. The first-order chi connectivity index (χ1) is 8.26. The Balaban J connectivity index is 2.13. The van der Waals surface area contributed by atoms with Gasteiger partial charge >= 0.3 is 5.76 Å². The number of hydrogen-bond donors (Lipinski definition) is 2. The Labute approximate surface area is 95.3 Å². The number of hydrogen-bond acceptors (Lipinski definition) is 4. The highest BCUT2D eigenvalue weighted by atomic mass is 16.5. The van der Waals surface area contributed by atoms with E-state index in [0.717, 1.165) is 11.3 Å². The summed E-state index contributed by atoms with van der Waals surface area (Å²) in [6.45, 7) is 0. The van der Waals surface area contributed by atoms with Crippen LogP contribution in [-0.2, 0) is 0 Å². The zero-order valence-corrected chi connectivity index (χ0v) is 8.98. The zero-order chi connectivity index (χ0) is 11.8. The fraction of sp³-hybridized carbons (Fsp3) is 0.0909. The van der Waals surface area contributed by atoms with Crippen LogP contribution in [-0.4, -0.2) is 22.1 Å². The lowest BCUT2D eigenvalue weighted by molar-refractivity contribution is 0.384. The molecular weight excluding hydrogens is 222 g/mol. The molecule has 3 rings (SSSR count). The maximum absolute atomic E-state index is 11.0. The van der Waals surface area contributed by atoms with Crippen molar-refractivity contribution >= 4 is 11.1 Å². The number of imidazole rings is 1. The molecule has 0 amide bonds. The number of oxazole rings is 1. The van der Waals surface area contributed by atoms with Crippen LogP contribution in [0.1, 0.15) is 0 Å². The lowest BCUT2D eigenvalue weighted by atomic mass is 10.1. The van der Waals surface area contributed by atoms with Gasteiger partial charge in [0.05, 0.1) is 24.5 Å². The Morgan fingerprint density at radius 2 is 2.24 bits per heavy atom. The standard InChI is InChI=1S/C11H9N3O3/c1-16-10-12-5-8(13-10)6-2-3-7-9(4-6)17-11(15)14-7/h2-5H,1H3,(H,12,13)(H,14,15). The molecule has 0 bridgehead atoms. The van der Waals surface area contributed by atoms with Crippen molar-refractivity contribution in [1.82, 2.24) is 15.0 Å². The van der Waals surface area contributed by atoms with Crippen LogP contribution in [0.4, 0.5) is 0 Å². The van der Waals surface area contributed by atoms with Crippen LogP contribution in [0, 0.1) is 0 Å². The number of methoxy groups -OCH3 is 1. The van der Waals surface area contributed by atoms with Gasteiger partial charge in [0.25, 0.3) is 6.01 Å². The van der Waals surface area contributed by atoms with Gasteiger partial charge in [-0.2, -0.15) is 0 Å². The van der Waals surface area contributed by atoms with Gasteiger partial charge in [-0.3, -0.25) is 4.98 Å². The molecule has 86 valence electrons. The second kappa shape index (κ2) is 3.51. The Bertz CT molecular complexity index is 723. The molecule has 0 fully saturated rings. The fourth-order valence-electron chi connectivity index (χ4n) is 1.67. The molecule has 2 N–H and O–H groups in total. The van der Waals surface area contributed by atoms with E-state index in [2.05, 4.69) is 15.0 Å². The number of H-pyrrole nitrogens is 2. The molecule has 0 radical (unpaired) electrons. The average Bonchev–Trinajstić information content (AvgIpc) is 2.92. The zero-order valence-electron chi connectivity index (χ0n) is 8.98. The van der Waals surface area contributed by atoms with Gasteiger partial charge in [0.15, 0.2) is 5.58 Å². The number of nitrogens with zero attached hydrogens (tertiary/aromatic N) is 1. The predicted molar refractivity (Wildman–Crippen MR) is 61.0 cm³/mol. The van der Waals surface area contributed by atoms with Crippen LogP contribution in [0.2, 0.25) is 0 Å². The van der Waals surface area contributed by atoms with E-state index in [1.807, 2.05) is 6.07 Å². The van der Waals surface area contributed by atoms with E-state index in [1.54, 1.807) is 18.3 Å².